The lowest BCUT2D eigenvalue weighted by Crippen LogP contribution is -2.25. The number of sulfonamides is 1. The van der Waals surface area contributed by atoms with Crippen molar-refractivity contribution in [3.8, 4) is 0 Å². The van der Waals surface area contributed by atoms with Crippen molar-refractivity contribution in [2.24, 2.45) is 0 Å². The number of hydrogen-bond donors (Lipinski definition) is 1. The van der Waals surface area contributed by atoms with Crippen molar-refractivity contribution in [2.45, 2.75) is 57.5 Å². The van der Waals surface area contributed by atoms with Crippen LogP contribution in [0, 0.1) is 0 Å². The molecule has 120 valence electrons. The highest BCUT2D eigenvalue weighted by molar-refractivity contribution is 7.89. The smallest absolute Gasteiger partial charge is 0.240 e. The summed E-state index contributed by atoms with van der Waals surface area (Å²) in [6.45, 7) is 7.03. The minimum atomic E-state index is -3.40. The number of benzene rings is 1. The Morgan fingerprint density at radius 1 is 1.14 bits per heavy atom. The van der Waals surface area contributed by atoms with E-state index in [0.29, 0.717) is 24.5 Å². The van der Waals surface area contributed by atoms with Crippen LogP contribution in [0.4, 0.5) is 0 Å². The first-order valence-corrected chi connectivity index (χ1v) is 9.14. The highest BCUT2D eigenvalue weighted by Gasteiger charge is 2.12. The molecule has 0 aliphatic heterocycles. The lowest BCUT2D eigenvalue weighted by molar-refractivity contribution is 0.0778. The number of unbranched alkanes of at least 4 members (excludes halogenated alkanes) is 1. The van der Waals surface area contributed by atoms with Crippen LogP contribution in [0.15, 0.2) is 29.2 Å². The van der Waals surface area contributed by atoms with Crippen LogP contribution in [0.5, 0.6) is 0 Å². The van der Waals surface area contributed by atoms with Gasteiger partial charge >= 0.3 is 0 Å². The van der Waals surface area contributed by atoms with Gasteiger partial charge in [0.1, 0.15) is 0 Å². The second-order valence-corrected chi connectivity index (χ2v) is 7.19. The monoisotopic (exact) mass is 313 g/mol. The molecule has 0 heterocycles. The molecule has 0 fully saturated rings. The summed E-state index contributed by atoms with van der Waals surface area (Å²) in [4.78, 5) is 0.326. The average molecular weight is 313 g/mol. The predicted molar refractivity (Wildman–Crippen MR) is 85.9 cm³/mol. The van der Waals surface area contributed by atoms with Crippen molar-refractivity contribution < 1.29 is 13.2 Å². The fourth-order valence-electron chi connectivity index (χ4n) is 1.90. The second-order valence-electron chi connectivity index (χ2n) is 5.42. The Hall–Kier alpha value is -0.910. The van der Waals surface area contributed by atoms with Crippen molar-refractivity contribution in [3.05, 3.63) is 29.8 Å². The fourth-order valence-corrected chi connectivity index (χ4v) is 2.97. The summed E-state index contributed by atoms with van der Waals surface area (Å²) in [7, 11) is -3.40. The zero-order valence-corrected chi connectivity index (χ0v) is 14.1. The van der Waals surface area contributed by atoms with Crippen LogP contribution in [0.25, 0.3) is 0 Å². The van der Waals surface area contributed by atoms with Gasteiger partial charge in [0.2, 0.25) is 10.0 Å². The SMILES string of the molecule is CCCCc1ccc(S(=O)(=O)NCCCOC(C)C)cc1. The summed E-state index contributed by atoms with van der Waals surface area (Å²) in [5.74, 6) is 0. The summed E-state index contributed by atoms with van der Waals surface area (Å²) < 4.78 is 32.2. The number of ether oxygens (including phenoxy) is 1. The molecule has 0 saturated carbocycles. The van der Waals surface area contributed by atoms with E-state index in [1.165, 1.54) is 5.56 Å². The third-order valence-corrected chi connectivity index (χ3v) is 4.59. The maximum atomic E-state index is 12.1. The highest BCUT2D eigenvalue weighted by Crippen LogP contribution is 2.12. The van der Waals surface area contributed by atoms with E-state index in [1.54, 1.807) is 12.1 Å². The molecule has 0 atom stereocenters. The Kier molecular flexibility index (Phi) is 7.93. The normalized spacial score (nSPS) is 12.0. The molecular weight excluding hydrogens is 286 g/mol. The molecule has 1 rings (SSSR count). The number of nitrogens with one attached hydrogen (secondary N) is 1. The molecule has 0 radical (unpaired) electrons. The molecule has 0 saturated heterocycles. The van der Waals surface area contributed by atoms with Gasteiger partial charge in [-0.3, -0.25) is 0 Å². The van der Waals surface area contributed by atoms with Crippen LogP contribution in [-0.4, -0.2) is 27.7 Å². The first-order valence-electron chi connectivity index (χ1n) is 7.66. The molecule has 0 aromatic heterocycles. The van der Waals surface area contributed by atoms with Crippen LogP contribution in [0.3, 0.4) is 0 Å². The molecule has 0 bridgehead atoms. The van der Waals surface area contributed by atoms with Crippen molar-refractivity contribution >= 4 is 10.0 Å². The van der Waals surface area contributed by atoms with Crippen molar-refractivity contribution in [1.29, 1.82) is 0 Å². The molecule has 0 amide bonds. The third kappa shape index (κ3) is 7.07. The lowest BCUT2D eigenvalue weighted by Gasteiger charge is -2.09. The molecule has 1 aromatic rings. The van der Waals surface area contributed by atoms with E-state index in [-0.39, 0.29) is 6.10 Å². The van der Waals surface area contributed by atoms with Crippen molar-refractivity contribution in [3.63, 3.8) is 0 Å². The molecule has 0 aliphatic rings. The van der Waals surface area contributed by atoms with Crippen molar-refractivity contribution in [2.75, 3.05) is 13.2 Å². The standard InChI is InChI=1S/C16H27NO3S/c1-4-5-7-15-8-10-16(11-9-15)21(18,19)17-12-6-13-20-14(2)3/h8-11,14,17H,4-7,12-13H2,1-3H3. The van der Waals surface area contributed by atoms with E-state index >= 15 is 0 Å². The molecule has 5 heteroatoms. The van der Waals surface area contributed by atoms with Gasteiger partial charge in [-0.1, -0.05) is 25.5 Å². The molecule has 0 unspecified atom stereocenters. The molecule has 0 spiro atoms. The first kappa shape index (κ1) is 18.1. The molecule has 21 heavy (non-hydrogen) atoms. The van der Waals surface area contributed by atoms with Gasteiger partial charge in [-0.25, -0.2) is 13.1 Å². The van der Waals surface area contributed by atoms with Crippen LogP contribution in [0.2, 0.25) is 0 Å². The van der Waals surface area contributed by atoms with Gasteiger partial charge in [0.25, 0.3) is 0 Å². The van der Waals surface area contributed by atoms with E-state index in [1.807, 2.05) is 26.0 Å². The fraction of sp³-hybridized carbons (Fsp3) is 0.625. The van der Waals surface area contributed by atoms with Gasteiger partial charge in [-0.05, 0) is 50.8 Å². The summed E-state index contributed by atoms with van der Waals surface area (Å²) in [5, 5.41) is 0. The Balaban J connectivity index is 2.46. The Bertz CT molecular complexity index is 495. The Labute approximate surface area is 129 Å². The third-order valence-electron chi connectivity index (χ3n) is 3.12. The molecular formula is C16H27NO3S. The summed E-state index contributed by atoms with van der Waals surface area (Å²) in [5.41, 5.74) is 1.18. The molecule has 4 nitrogen and oxygen atoms in total. The summed E-state index contributed by atoms with van der Waals surface area (Å²) in [6.07, 6.45) is 4.11. The Morgan fingerprint density at radius 3 is 2.38 bits per heavy atom. The van der Waals surface area contributed by atoms with Gasteiger partial charge in [0, 0.05) is 13.2 Å². The van der Waals surface area contributed by atoms with E-state index in [9.17, 15) is 8.42 Å². The van der Waals surface area contributed by atoms with Gasteiger partial charge < -0.3 is 4.74 Å². The summed E-state index contributed by atoms with van der Waals surface area (Å²) in [6, 6.07) is 7.15. The first-order chi connectivity index (χ1) is 9.95. The molecule has 1 N–H and O–H groups in total. The van der Waals surface area contributed by atoms with Gasteiger partial charge in [0.15, 0.2) is 0 Å². The predicted octanol–water partition coefficient (Wildman–Crippen LogP) is 3.12. The molecule has 1 aromatic carbocycles. The van der Waals surface area contributed by atoms with Gasteiger partial charge in [-0.15, -0.1) is 0 Å². The van der Waals surface area contributed by atoms with Gasteiger partial charge in [0.05, 0.1) is 11.0 Å². The lowest BCUT2D eigenvalue weighted by atomic mass is 10.1. The van der Waals surface area contributed by atoms with Gasteiger partial charge in [-0.2, -0.15) is 0 Å². The minimum Gasteiger partial charge on any atom is -0.379 e. The Morgan fingerprint density at radius 2 is 1.81 bits per heavy atom. The van der Waals surface area contributed by atoms with E-state index in [2.05, 4.69) is 11.6 Å². The van der Waals surface area contributed by atoms with Crippen LogP contribution >= 0.6 is 0 Å². The van der Waals surface area contributed by atoms with E-state index in [4.69, 9.17) is 4.74 Å². The molecule has 0 aliphatic carbocycles. The maximum Gasteiger partial charge on any atom is 0.240 e. The number of hydrogen-bond acceptors (Lipinski definition) is 3. The maximum absolute atomic E-state index is 12.1. The van der Waals surface area contributed by atoms with E-state index < -0.39 is 10.0 Å². The van der Waals surface area contributed by atoms with Crippen molar-refractivity contribution in [1.82, 2.24) is 4.72 Å². The zero-order chi connectivity index (χ0) is 15.7. The highest BCUT2D eigenvalue weighted by atomic mass is 32.2. The van der Waals surface area contributed by atoms with Crippen LogP contribution in [0.1, 0.15) is 45.6 Å². The number of aryl methyl sites for hydroxylation is 1. The quantitative estimate of drug-likeness (QED) is 0.675. The van der Waals surface area contributed by atoms with Crippen LogP contribution < -0.4 is 4.72 Å². The van der Waals surface area contributed by atoms with E-state index in [0.717, 1.165) is 19.3 Å². The topological polar surface area (TPSA) is 55.4 Å². The largest absolute Gasteiger partial charge is 0.379 e. The summed E-state index contributed by atoms with van der Waals surface area (Å²) >= 11 is 0. The average Bonchev–Trinajstić information content (AvgIpc) is 2.44. The zero-order valence-electron chi connectivity index (χ0n) is 13.3. The van der Waals surface area contributed by atoms with Crippen LogP contribution in [-0.2, 0) is 21.2 Å². The number of rotatable bonds is 10. The second kappa shape index (κ2) is 9.18. The minimum absolute atomic E-state index is 0.178.